The molecule has 5 heteroatoms. The first-order valence-corrected chi connectivity index (χ1v) is 6.98. The predicted octanol–water partition coefficient (Wildman–Crippen LogP) is 1.62. The number of hydrogen-bond donors (Lipinski definition) is 2. The summed E-state index contributed by atoms with van der Waals surface area (Å²) in [5.74, 6) is 3.31. The van der Waals surface area contributed by atoms with Crippen LogP contribution in [0.15, 0.2) is 12.3 Å². The van der Waals surface area contributed by atoms with Gasteiger partial charge in [-0.2, -0.15) is 11.8 Å². The van der Waals surface area contributed by atoms with Crippen LogP contribution in [-0.2, 0) is 0 Å². The molecule has 0 aliphatic carbocycles. The Hall–Kier alpha value is -1.23. The van der Waals surface area contributed by atoms with Gasteiger partial charge in [-0.1, -0.05) is 0 Å². The highest BCUT2D eigenvalue weighted by Gasteiger charge is 2.17. The molecule has 1 aromatic heterocycles. The average Bonchev–Trinajstić information content (AvgIpc) is 2.56. The van der Waals surface area contributed by atoms with Gasteiger partial charge in [0.1, 0.15) is 11.7 Å². The number of pyridine rings is 1. The van der Waals surface area contributed by atoms with Crippen molar-refractivity contribution in [2.24, 2.45) is 5.73 Å². The molecule has 1 aromatic rings. The Balaban J connectivity index is 2.36. The molecule has 3 N–H and O–H groups in total. The zero-order valence-electron chi connectivity index (χ0n) is 10.1. The third-order valence-corrected chi connectivity index (χ3v) is 3.98. The minimum atomic E-state index is 0.113. The lowest BCUT2D eigenvalue weighted by molar-refractivity contribution is 0.799. The lowest BCUT2D eigenvalue weighted by Crippen LogP contribution is -2.30. The van der Waals surface area contributed by atoms with Gasteiger partial charge >= 0.3 is 0 Å². The van der Waals surface area contributed by atoms with Crippen molar-refractivity contribution in [3.05, 3.63) is 23.4 Å². The van der Waals surface area contributed by atoms with E-state index in [0.717, 1.165) is 42.2 Å². The summed E-state index contributed by atoms with van der Waals surface area (Å²) in [5.41, 5.74) is 7.49. The molecular weight excluding hydrogens is 232 g/mol. The monoisotopic (exact) mass is 250 g/mol. The second-order valence-electron chi connectivity index (χ2n) is 4.19. The standard InChI is InChI=1S/C12H18N4S/c1-9-3-4-15-12(10(9)11(13)14)16-5-2-7-17-8-6-16/h3-4H,2,5-8H2,1H3,(H3,13,14). The molecule has 0 saturated carbocycles. The maximum atomic E-state index is 7.70. The Morgan fingerprint density at radius 3 is 3.06 bits per heavy atom. The fourth-order valence-electron chi connectivity index (χ4n) is 2.07. The number of aromatic nitrogens is 1. The van der Waals surface area contributed by atoms with E-state index in [4.69, 9.17) is 11.1 Å². The third kappa shape index (κ3) is 2.72. The Bertz CT molecular complexity index is 411. The van der Waals surface area contributed by atoms with Gasteiger partial charge in [0.05, 0.1) is 5.56 Å². The predicted molar refractivity (Wildman–Crippen MR) is 74.1 cm³/mol. The van der Waals surface area contributed by atoms with E-state index in [0.29, 0.717) is 0 Å². The molecule has 92 valence electrons. The summed E-state index contributed by atoms with van der Waals surface area (Å²) < 4.78 is 0. The van der Waals surface area contributed by atoms with Crippen molar-refractivity contribution in [2.75, 3.05) is 29.5 Å². The molecule has 0 unspecified atom stereocenters. The number of nitrogens with two attached hydrogens (primary N) is 1. The van der Waals surface area contributed by atoms with Crippen LogP contribution in [0.2, 0.25) is 0 Å². The van der Waals surface area contributed by atoms with E-state index >= 15 is 0 Å². The lowest BCUT2D eigenvalue weighted by atomic mass is 10.1. The molecule has 0 bridgehead atoms. The zero-order chi connectivity index (χ0) is 12.3. The molecule has 0 amide bonds. The van der Waals surface area contributed by atoms with Gasteiger partial charge < -0.3 is 10.6 Å². The molecule has 0 radical (unpaired) electrons. The first-order chi connectivity index (χ1) is 8.20. The maximum Gasteiger partial charge on any atom is 0.139 e. The Kier molecular flexibility index (Phi) is 3.89. The second-order valence-corrected chi connectivity index (χ2v) is 5.42. The van der Waals surface area contributed by atoms with E-state index in [1.165, 1.54) is 5.75 Å². The van der Waals surface area contributed by atoms with Crippen molar-refractivity contribution in [3.63, 3.8) is 0 Å². The zero-order valence-corrected chi connectivity index (χ0v) is 10.9. The summed E-state index contributed by atoms with van der Waals surface area (Å²) in [6.45, 7) is 3.97. The molecule has 1 saturated heterocycles. The van der Waals surface area contributed by atoms with Crippen molar-refractivity contribution in [1.82, 2.24) is 4.98 Å². The van der Waals surface area contributed by atoms with Gasteiger partial charge in [-0.3, -0.25) is 5.41 Å². The summed E-state index contributed by atoms with van der Waals surface area (Å²) in [6, 6.07) is 1.91. The number of nitrogens with one attached hydrogen (secondary N) is 1. The van der Waals surface area contributed by atoms with Crippen molar-refractivity contribution in [1.29, 1.82) is 5.41 Å². The maximum absolute atomic E-state index is 7.70. The SMILES string of the molecule is Cc1ccnc(N2CCCSCC2)c1C(=N)N. The van der Waals surface area contributed by atoms with Crippen LogP contribution >= 0.6 is 11.8 Å². The number of aryl methyl sites for hydroxylation is 1. The van der Waals surface area contributed by atoms with Gasteiger partial charge in [0.25, 0.3) is 0 Å². The van der Waals surface area contributed by atoms with Crippen molar-refractivity contribution < 1.29 is 0 Å². The van der Waals surface area contributed by atoms with Crippen LogP contribution in [-0.4, -0.2) is 35.4 Å². The smallest absolute Gasteiger partial charge is 0.139 e. The lowest BCUT2D eigenvalue weighted by Gasteiger charge is -2.24. The molecule has 1 aliphatic heterocycles. The van der Waals surface area contributed by atoms with Crippen LogP contribution in [0.4, 0.5) is 5.82 Å². The fraction of sp³-hybridized carbons (Fsp3) is 0.500. The van der Waals surface area contributed by atoms with E-state index in [1.54, 1.807) is 6.20 Å². The van der Waals surface area contributed by atoms with Crippen molar-refractivity contribution in [2.45, 2.75) is 13.3 Å². The Morgan fingerprint density at radius 1 is 1.47 bits per heavy atom. The number of thioether (sulfide) groups is 1. The van der Waals surface area contributed by atoms with Crippen LogP contribution in [0.3, 0.4) is 0 Å². The molecule has 1 aliphatic rings. The summed E-state index contributed by atoms with van der Waals surface area (Å²) in [4.78, 5) is 6.68. The number of anilines is 1. The Labute approximate surface area is 106 Å². The van der Waals surface area contributed by atoms with Gasteiger partial charge in [-0.25, -0.2) is 4.98 Å². The molecule has 2 heterocycles. The second kappa shape index (κ2) is 5.40. The first-order valence-electron chi connectivity index (χ1n) is 5.83. The molecule has 17 heavy (non-hydrogen) atoms. The summed E-state index contributed by atoms with van der Waals surface area (Å²) >= 11 is 1.98. The van der Waals surface area contributed by atoms with Crippen molar-refractivity contribution in [3.8, 4) is 0 Å². The van der Waals surface area contributed by atoms with E-state index < -0.39 is 0 Å². The van der Waals surface area contributed by atoms with Gasteiger partial charge in [0, 0.05) is 25.0 Å². The quantitative estimate of drug-likeness (QED) is 0.618. The molecular formula is C12H18N4S. The summed E-state index contributed by atoms with van der Waals surface area (Å²) in [5, 5.41) is 7.70. The van der Waals surface area contributed by atoms with Crippen LogP contribution in [0.5, 0.6) is 0 Å². The number of hydrogen-bond acceptors (Lipinski definition) is 4. The van der Waals surface area contributed by atoms with Crippen LogP contribution in [0.1, 0.15) is 17.5 Å². The highest BCUT2D eigenvalue weighted by molar-refractivity contribution is 7.99. The summed E-state index contributed by atoms with van der Waals surface area (Å²) in [7, 11) is 0. The van der Waals surface area contributed by atoms with Crippen LogP contribution < -0.4 is 10.6 Å². The van der Waals surface area contributed by atoms with Crippen LogP contribution in [0.25, 0.3) is 0 Å². The van der Waals surface area contributed by atoms with Crippen molar-refractivity contribution >= 4 is 23.4 Å². The van der Waals surface area contributed by atoms with Gasteiger partial charge in [-0.05, 0) is 30.7 Å². The molecule has 0 aromatic carbocycles. The minimum Gasteiger partial charge on any atom is -0.384 e. The first kappa shape index (κ1) is 12.2. The minimum absolute atomic E-state index is 0.113. The van der Waals surface area contributed by atoms with Gasteiger partial charge in [0.2, 0.25) is 0 Å². The molecule has 1 fully saturated rings. The third-order valence-electron chi connectivity index (χ3n) is 2.93. The topological polar surface area (TPSA) is 66.0 Å². The number of amidine groups is 1. The average molecular weight is 250 g/mol. The van der Waals surface area contributed by atoms with E-state index in [-0.39, 0.29) is 5.84 Å². The van der Waals surface area contributed by atoms with Gasteiger partial charge in [-0.15, -0.1) is 0 Å². The highest BCUT2D eigenvalue weighted by atomic mass is 32.2. The molecule has 2 rings (SSSR count). The number of nitrogens with zero attached hydrogens (tertiary/aromatic N) is 2. The van der Waals surface area contributed by atoms with Crippen LogP contribution in [0, 0.1) is 12.3 Å². The highest BCUT2D eigenvalue weighted by Crippen LogP contribution is 2.23. The Morgan fingerprint density at radius 2 is 2.29 bits per heavy atom. The molecule has 0 spiro atoms. The van der Waals surface area contributed by atoms with E-state index in [9.17, 15) is 0 Å². The normalized spacial score (nSPS) is 16.6. The van der Waals surface area contributed by atoms with Gasteiger partial charge in [0.15, 0.2) is 0 Å². The number of nitrogen functional groups attached to an aromatic ring is 1. The number of rotatable bonds is 2. The van der Waals surface area contributed by atoms with E-state index in [1.807, 2.05) is 24.8 Å². The van der Waals surface area contributed by atoms with E-state index in [2.05, 4.69) is 9.88 Å². The fourth-order valence-corrected chi connectivity index (χ4v) is 2.96. The molecule has 0 atom stereocenters. The largest absolute Gasteiger partial charge is 0.384 e. The summed E-state index contributed by atoms with van der Waals surface area (Å²) in [6.07, 6.45) is 2.97. The molecule has 4 nitrogen and oxygen atoms in total.